The van der Waals surface area contributed by atoms with Crippen molar-refractivity contribution in [2.45, 2.75) is 104 Å². The van der Waals surface area contributed by atoms with Gasteiger partial charge in [0.15, 0.2) is 6.10 Å². The number of nitrogens with one attached hydrogen (secondary N) is 2. The Hall–Kier alpha value is -3.09. The van der Waals surface area contributed by atoms with Crippen molar-refractivity contribution in [3.05, 3.63) is 47.5 Å². The van der Waals surface area contributed by atoms with Crippen LogP contribution >= 0.6 is 0 Å². The summed E-state index contributed by atoms with van der Waals surface area (Å²) in [5, 5.41) is 15.5. The molecule has 0 radical (unpaired) electrons. The topological polar surface area (TPSA) is 87.7 Å². The Morgan fingerprint density at radius 3 is 2.16 bits per heavy atom. The summed E-state index contributed by atoms with van der Waals surface area (Å²) in [6.45, 7) is 16.3. The van der Waals surface area contributed by atoms with Crippen LogP contribution in [0.4, 0.5) is 15.8 Å². The molecule has 0 aliphatic carbocycles. The molecule has 0 saturated carbocycles. The van der Waals surface area contributed by atoms with Crippen LogP contribution in [0.2, 0.25) is 0 Å². The quantitative estimate of drug-likeness (QED) is 0.260. The van der Waals surface area contributed by atoms with Crippen molar-refractivity contribution in [2.24, 2.45) is 0 Å². The van der Waals surface area contributed by atoms with Crippen LogP contribution < -0.4 is 15.4 Å². The van der Waals surface area contributed by atoms with Crippen LogP contribution in [0.5, 0.6) is 11.5 Å². The number of anilines is 2. The summed E-state index contributed by atoms with van der Waals surface area (Å²) in [5.41, 5.74) is 2.69. The second-order valence-corrected chi connectivity index (χ2v) is 11.0. The molecule has 3 N–H and O–H groups in total. The van der Waals surface area contributed by atoms with E-state index in [1.807, 2.05) is 13.0 Å². The molecule has 7 heteroatoms. The SMILES string of the molecule is CCC(Oc1ccc(C(C)(C)CC)cc1C(C)(C)CC)C(=O)Nc1ccc(NC(=O)CC(C)F)c(O)c1. The molecular weight excluding hydrogens is 471 g/mol. The Morgan fingerprint density at radius 2 is 1.62 bits per heavy atom. The highest BCUT2D eigenvalue weighted by Crippen LogP contribution is 2.39. The predicted octanol–water partition coefficient (Wildman–Crippen LogP) is 7.25. The van der Waals surface area contributed by atoms with E-state index in [0.29, 0.717) is 17.9 Å². The largest absolute Gasteiger partial charge is 0.506 e. The number of phenols is 1. The molecule has 2 aromatic rings. The minimum absolute atomic E-state index is 0.0242. The maximum atomic E-state index is 13.1. The highest BCUT2D eigenvalue weighted by atomic mass is 19.1. The zero-order valence-electron chi connectivity index (χ0n) is 23.5. The molecule has 0 aliphatic heterocycles. The van der Waals surface area contributed by atoms with E-state index in [4.69, 9.17) is 4.74 Å². The maximum Gasteiger partial charge on any atom is 0.265 e. The van der Waals surface area contributed by atoms with Crippen molar-refractivity contribution in [3.8, 4) is 11.5 Å². The molecular formula is C30H43FN2O4. The lowest BCUT2D eigenvalue weighted by Crippen LogP contribution is -2.33. The molecule has 0 aliphatic rings. The number of halogens is 1. The summed E-state index contributed by atoms with van der Waals surface area (Å²) in [6.07, 6.45) is 0.0227. The van der Waals surface area contributed by atoms with Gasteiger partial charge in [-0.1, -0.05) is 60.6 Å². The van der Waals surface area contributed by atoms with E-state index < -0.39 is 18.2 Å². The van der Waals surface area contributed by atoms with Gasteiger partial charge in [0.2, 0.25) is 5.91 Å². The van der Waals surface area contributed by atoms with Gasteiger partial charge in [0.1, 0.15) is 17.7 Å². The lowest BCUT2D eigenvalue weighted by Gasteiger charge is -2.31. The molecule has 37 heavy (non-hydrogen) atoms. The van der Waals surface area contributed by atoms with Gasteiger partial charge in [-0.15, -0.1) is 0 Å². The zero-order valence-corrected chi connectivity index (χ0v) is 23.5. The number of hydrogen-bond donors (Lipinski definition) is 3. The lowest BCUT2D eigenvalue weighted by molar-refractivity contribution is -0.123. The first-order valence-electron chi connectivity index (χ1n) is 13.1. The van der Waals surface area contributed by atoms with Gasteiger partial charge < -0.3 is 20.5 Å². The molecule has 2 rings (SSSR count). The molecule has 204 valence electrons. The van der Waals surface area contributed by atoms with Crippen molar-refractivity contribution in [3.63, 3.8) is 0 Å². The Morgan fingerprint density at radius 1 is 0.973 bits per heavy atom. The highest BCUT2D eigenvalue weighted by Gasteiger charge is 2.29. The van der Waals surface area contributed by atoms with E-state index in [0.717, 1.165) is 18.4 Å². The molecule has 2 aromatic carbocycles. The monoisotopic (exact) mass is 514 g/mol. The van der Waals surface area contributed by atoms with Gasteiger partial charge in [-0.25, -0.2) is 4.39 Å². The van der Waals surface area contributed by atoms with E-state index >= 15 is 0 Å². The van der Waals surface area contributed by atoms with E-state index in [1.54, 1.807) is 6.07 Å². The van der Waals surface area contributed by atoms with Crippen LogP contribution in [0.15, 0.2) is 36.4 Å². The normalized spacial score (nSPS) is 13.5. The summed E-state index contributed by atoms with van der Waals surface area (Å²) >= 11 is 0. The third kappa shape index (κ3) is 7.94. The summed E-state index contributed by atoms with van der Waals surface area (Å²) < 4.78 is 19.3. The number of phenolic OH excluding ortho intramolecular Hbond substituents is 1. The standard InChI is InChI=1S/C30H43FN2O4/c1-9-25(28(36)32-21-13-14-23(24(34)18-21)33-27(35)16-19(4)31)37-26-15-12-20(29(5,6)10-2)17-22(26)30(7,8)11-3/h12-15,17-19,25,34H,9-11,16H2,1-8H3,(H,32,36)(H,33,35). The molecule has 2 unspecified atom stereocenters. The van der Waals surface area contributed by atoms with Crippen molar-refractivity contribution in [1.29, 1.82) is 0 Å². The fourth-order valence-corrected chi connectivity index (χ4v) is 3.85. The number of rotatable bonds is 12. The molecule has 0 saturated heterocycles. The third-order valence-electron chi connectivity index (χ3n) is 7.20. The molecule has 0 heterocycles. The van der Waals surface area contributed by atoms with E-state index in [1.165, 1.54) is 24.6 Å². The van der Waals surface area contributed by atoms with Gasteiger partial charge in [-0.2, -0.15) is 0 Å². The van der Waals surface area contributed by atoms with Gasteiger partial charge in [0.25, 0.3) is 5.91 Å². The van der Waals surface area contributed by atoms with Crippen LogP contribution in [-0.2, 0) is 20.4 Å². The second-order valence-electron chi connectivity index (χ2n) is 11.0. The van der Waals surface area contributed by atoms with Gasteiger partial charge >= 0.3 is 0 Å². The molecule has 2 amide bonds. The Balaban J connectivity index is 2.24. The van der Waals surface area contributed by atoms with Crippen molar-refractivity contribution < 1.29 is 23.8 Å². The molecule has 0 spiro atoms. The van der Waals surface area contributed by atoms with Gasteiger partial charge in [0.05, 0.1) is 12.1 Å². The second kappa shape index (κ2) is 12.4. The fraction of sp³-hybridized carbons (Fsp3) is 0.533. The Bertz CT molecular complexity index is 1090. The number of ether oxygens (including phenoxy) is 1. The van der Waals surface area contributed by atoms with E-state index in [2.05, 4.69) is 64.3 Å². The molecule has 6 nitrogen and oxygen atoms in total. The van der Waals surface area contributed by atoms with Crippen LogP contribution in [-0.4, -0.2) is 29.2 Å². The number of aromatic hydroxyl groups is 1. The molecule has 0 bridgehead atoms. The number of benzene rings is 2. The van der Waals surface area contributed by atoms with Crippen molar-refractivity contribution in [1.82, 2.24) is 0 Å². The van der Waals surface area contributed by atoms with Crippen LogP contribution in [0.25, 0.3) is 0 Å². The van der Waals surface area contributed by atoms with Crippen LogP contribution in [0.1, 0.15) is 92.2 Å². The number of hydrogen-bond acceptors (Lipinski definition) is 4. The smallest absolute Gasteiger partial charge is 0.265 e. The average molecular weight is 515 g/mol. The average Bonchev–Trinajstić information content (AvgIpc) is 2.83. The fourth-order valence-electron chi connectivity index (χ4n) is 3.85. The number of carbonyl (C=O) groups is 2. The minimum atomic E-state index is -1.29. The third-order valence-corrected chi connectivity index (χ3v) is 7.20. The van der Waals surface area contributed by atoms with Crippen LogP contribution in [0, 0.1) is 0 Å². The minimum Gasteiger partial charge on any atom is -0.506 e. The number of alkyl halides is 1. The zero-order chi connectivity index (χ0) is 28.0. The Kier molecular flexibility index (Phi) is 10.1. The van der Waals surface area contributed by atoms with E-state index in [-0.39, 0.29) is 34.6 Å². The molecule has 0 fully saturated rings. The number of carbonyl (C=O) groups excluding carboxylic acids is 2. The first-order chi connectivity index (χ1) is 17.2. The maximum absolute atomic E-state index is 13.1. The van der Waals surface area contributed by atoms with Gasteiger partial charge in [0, 0.05) is 17.3 Å². The molecule has 2 atom stereocenters. The summed E-state index contributed by atoms with van der Waals surface area (Å²) in [5.74, 6) is -0.427. The molecule has 0 aromatic heterocycles. The summed E-state index contributed by atoms with van der Waals surface area (Å²) in [7, 11) is 0. The summed E-state index contributed by atoms with van der Waals surface area (Å²) in [6, 6.07) is 10.6. The Labute approximate surface area is 221 Å². The predicted molar refractivity (Wildman–Crippen MR) is 148 cm³/mol. The van der Waals surface area contributed by atoms with Crippen LogP contribution in [0.3, 0.4) is 0 Å². The number of amides is 2. The van der Waals surface area contributed by atoms with Crippen molar-refractivity contribution >= 4 is 23.2 Å². The highest BCUT2D eigenvalue weighted by molar-refractivity contribution is 5.96. The first kappa shape index (κ1) is 30.1. The van der Waals surface area contributed by atoms with Gasteiger partial charge in [-0.3, -0.25) is 9.59 Å². The lowest BCUT2D eigenvalue weighted by atomic mass is 9.76. The van der Waals surface area contributed by atoms with E-state index in [9.17, 15) is 19.1 Å². The van der Waals surface area contributed by atoms with Gasteiger partial charge in [-0.05, 0) is 60.8 Å². The van der Waals surface area contributed by atoms with Crippen molar-refractivity contribution in [2.75, 3.05) is 10.6 Å². The first-order valence-corrected chi connectivity index (χ1v) is 13.1. The summed E-state index contributed by atoms with van der Waals surface area (Å²) in [4.78, 5) is 24.9.